The molecule has 1 aromatic carbocycles. The summed E-state index contributed by atoms with van der Waals surface area (Å²) in [6.07, 6.45) is 24.1. The van der Waals surface area contributed by atoms with E-state index >= 15 is 0 Å². The average molecular weight is 507 g/mol. The minimum absolute atomic E-state index is 0.0764. The van der Waals surface area contributed by atoms with Crippen LogP contribution in [0.25, 0.3) is 17.3 Å². The summed E-state index contributed by atoms with van der Waals surface area (Å²) >= 11 is 0. The van der Waals surface area contributed by atoms with Crippen molar-refractivity contribution in [2.45, 2.75) is 65.0 Å². The molecule has 5 rings (SSSR count). The van der Waals surface area contributed by atoms with Crippen LogP contribution in [0, 0.1) is 55.2 Å². The van der Waals surface area contributed by atoms with Gasteiger partial charge in [-0.05, 0) is 88.3 Å². The first-order chi connectivity index (χ1) is 18.0. The van der Waals surface area contributed by atoms with Gasteiger partial charge in [0.05, 0.1) is 5.92 Å². The van der Waals surface area contributed by atoms with E-state index in [0.29, 0.717) is 12.0 Å². The topological polar surface area (TPSA) is 54.1 Å². The van der Waals surface area contributed by atoms with Crippen molar-refractivity contribution in [3.8, 4) is 37.0 Å². The number of carbonyl (C=O) groups is 1. The molecular formula is C32H43FN2O2. The van der Waals surface area contributed by atoms with E-state index in [1.165, 1.54) is 37.8 Å². The number of rotatable bonds is 3. The number of H-pyrrole nitrogens is 1. The van der Waals surface area contributed by atoms with Gasteiger partial charge in [0.2, 0.25) is 0 Å². The summed E-state index contributed by atoms with van der Waals surface area (Å²) in [5, 5.41) is 3.40. The average Bonchev–Trinajstić information content (AvgIpc) is 3.55. The van der Waals surface area contributed by atoms with Crippen LogP contribution in [-0.4, -0.2) is 30.1 Å². The van der Waals surface area contributed by atoms with E-state index in [4.69, 9.17) is 4.74 Å². The lowest BCUT2D eigenvalue weighted by Crippen LogP contribution is -2.42. The molecule has 4 nitrogen and oxygen atoms in total. The Morgan fingerprint density at radius 1 is 1.05 bits per heavy atom. The predicted molar refractivity (Wildman–Crippen MR) is 153 cm³/mol. The highest BCUT2D eigenvalue weighted by atomic mass is 19.1. The van der Waals surface area contributed by atoms with Gasteiger partial charge in [-0.2, -0.15) is 0 Å². The Morgan fingerprint density at radius 3 is 2.35 bits per heavy atom. The number of carbonyl (C=O) groups excluding carboxylic acids is 1. The van der Waals surface area contributed by atoms with Crippen molar-refractivity contribution in [1.82, 2.24) is 10.3 Å². The molecule has 2 aromatic rings. The summed E-state index contributed by atoms with van der Waals surface area (Å²) < 4.78 is 18.3. The first kappa shape index (κ1) is 31.7. The van der Waals surface area contributed by atoms with E-state index in [2.05, 4.69) is 56.5 Å². The van der Waals surface area contributed by atoms with E-state index in [0.717, 1.165) is 35.2 Å². The highest BCUT2D eigenvalue weighted by molar-refractivity contribution is 5.75. The molecule has 37 heavy (non-hydrogen) atoms. The lowest BCUT2D eigenvalue weighted by atomic mass is 9.62. The Bertz CT molecular complexity index is 1000. The van der Waals surface area contributed by atoms with Crippen LogP contribution in [0.2, 0.25) is 0 Å². The second-order valence-electron chi connectivity index (χ2n) is 9.24. The Balaban J connectivity index is 0.000000312. The Labute approximate surface area is 223 Å². The van der Waals surface area contributed by atoms with E-state index in [1.54, 1.807) is 12.1 Å². The number of esters is 1. The first-order valence-corrected chi connectivity index (χ1v) is 13.1. The van der Waals surface area contributed by atoms with E-state index in [9.17, 15) is 9.18 Å². The van der Waals surface area contributed by atoms with Gasteiger partial charge < -0.3 is 15.0 Å². The van der Waals surface area contributed by atoms with Crippen LogP contribution in [-0.2, 0) is 9.53 Å². The van der Waals surface area contributed by atoms with Crippen molar-refractivity contribution < 1.29 is 13.9 Å². The maximum Gasteiger partial charge on any atom is 0.309 e. The lowest BCUT2D eigenvalue weighted by Gasteiger charge is -2.43. The van der Waals surface area contributed by atoms with Crippen molar-refractivity contribution in [3.63, 3.8) is 0 Å². The standard InChI is InChI=1S/C14H23NO2.C12H10FN.C2H6.2C2H2/c1-8-12-6-9-3-4-11(15-2)5-10(9)7-13(12)14(16)17-8;1-2-11-6-7-12(14-11)9-4-3-5-10(13)8-9;3*1-2/h8-13,15H,3-7H2,1-2H3;2-8,14H,1H2;1-2H3;2*1-2H/t8-,9?,10+,11+,12-,13-;;;;/m1..../s1. The lowest BCUT2D eigenvalue weighted by molar-refractivity contribution is -0.144. The maximum absolute atomic E-state index is 12.9. The van der Waals surface area contributed by atoms with Gasteiger partial charge in [-0.1, -0.05) is 32.6 Å². The van der Waals surface area contributed by atoms with Crippen LogP contribution >= 0.6 is 0 Å². The largest absolute Gasteiger partial charge is 0.462 e. The van der Waals surface area contributed by atoms with Crippen LogP contribution in [0.4, 0.5) is 4.39 Å². The van der Waals surface area contributed by atoms with Crippen LogP contribution < -0.4 is 5.32 Å². The SMILES string of the molecule is C#C.C#C.C=Cc1ccc(-c2cccc(F)c2)[nH]1.CC.CN[C@H]1CCC2C[C@@H]3[C@@H](C)OC(=O)[C@@H]3C[C@@H]2C1. The molecule has 0 radical (unpaired) electrons. The van der Waals surface area contributed by atoms with E-state index < -0.39 is 0 Å². The van der Waals surface area contributed by atoms with Gasteiger partial charge in [-0.15, -0.1) is 25.7 Å². The molecule has 200 valence electrons. The summed E-state index contributed by atoms with van der Waals surface area (Å²) in [6, 6.07) is 11.0. The van der Waals surface area contributed by atoms with Gasteiger partial charge in [0, 0.05) is 28.9 Å². The number of nitrogens with one attached hydrogen (secondary N) is 2. The Morgan fingerprint density at radius 2 is 1.76 bits per heavy atom. The normalized spacial score (nSPS) is 26.8. The predicted octanol–water partition coefficient (Wildman–Crippen LogP) is 6.95. The minimum atomic E-state index is -0.225. The summed E-state index contributed by atoms with van der Waals surface area (Å²) in [4.78, 5) is 14.9. The molecule has 0 spiro atoms. The molecule has 2 aliphatic carbocycles. The molecule has 6 atom stereocenters. The zero-order valence-electron chi connectivity index (χ0n) is 22.8. The Hall–Kier alpha value is -3.28. The van der Waals surface area contributed by atoms with E-state index in [-0.39, 0.29) is 23.8 Å². The minimum Gasteiger partial charge on any atom is -0.462 e. The van der Waals surface area contributed by atoms with Crippen molar-refractivity contribution >= 4 is 12.0 Å². The number of aromatic amines is 1. The van der Waals surface area contributed by atoms with E-state index in [1.807, 2.05) is 32.0 Å². The molecule has 3 aliphatic rings. The molecule has 1 aliphatic heterocycles. The van der Waals surface area contributed by atoms with Crippen molar-refractivity contribution in [1.29, 1.82) is 0 Å². The third-order valence-corrected chi connectivity index (χ3v) is 7.47. The van der Waals surface area contributed by atoms with Crippen LogP contribution in [0.1, 0.15) is 58.6 Å². The molecule has 1 unspecified atom stereocenters. The molecule has 2 saturated carbocycles. The number of halogens is 1. The third kappa shape index (κ3) is 8.38. The summed E-state index contributed by atoms with van der Waals surface area (Å²) in [5.74, 6) is 2.17. The quantitative estimate of drug-likeness (QED) is 0.350. The number of fused-ring (bicyclic) bond motifs is 2. The molecule has 0 amide bonds. The van der Waals surface area contributed by atoms with Gasteiger partial charge in [0.15, 0.2) is 0 Å². The molecule has 1 aromatic heterocycles. The fraction of sp³-hybridized carbons (Fsp3) is 0.469. The molecule has 2 heterocycles. The third-order valence-electron chi connectivity index (χ3n) is 7.47. The van der Waals surface area contributed by atoms with Gasteiger partial charge in [0.1, 0.15) is 11.9 Å². The number of cyclic esters (lactones) is 1. The molecule has 0 bridgehead atoms. The van der Waals surface area contributed by atoms with Gasteiger partial charge in [-0.3, -0.25) is 4.79 Å². The Kier molecular flexibility index (Phi) is 14.1. The van der Waals surface area contributed by atoms with Crippen molar-refractivity contribution in [3.05, 3.63) is 54.5 Å². The monoisotopic (exact) mass is 506 g/mol. The number of hydrogen-bond acceptors (Lipinski definition) is 3. The summed E-state index contributed by atoms with van der Waals surface area (Å²) in [7, 11) is 2.06. The number of terminal acetylenes is 2. The highest BCUT2D eigenvalue weighted by Gasteiger charge is 2.49. The fourth-order valence-electron chi connectivity index (χ4n) is 5.71. The molecule has 5 heteroatoms. The van der Waals surface area contributed by atoms with Gasteiger partial charge >= 0.3 is 5.97 Å². The van der Waals surface area contributed by atoms with Crippen LogP contribution in [0.15, 0.2) is 43.0 Å². The maximum atomic E-state index is 12.9. The summed E-state index contributed by atoms with van der Waals surface area (Å²) in [5.41, 5.74) is 2.68. The molecule has 2 N–H and O–H groups in total. The second kappa shape index (κ2) is 16.5. The molecular weight excluding hydrogens is 463 g/mol. The van der Waals surface area contributed by atoms with Gasteiger partial charge in [0.25, 0.3) is 0 Å². The summed E-state index contributed by atoms with van der Waals surface area (Å²) in [6.45, 7) is 9.72. The van der Waals surface area contributed by atoms with Crippen LogP contribution in [0.3, 0.4) is 0 Å². The van der Waals surface area contributed by atoms with Crippen molar-refractivity contribution in [2.75, 3.05) is 7.05 Å². The van der Waals surface area contributed by atoms with Gasteiger partial charge in [-0.25, -0.2) is 4.39 Å². The fourth-order valence-corrected chi connectivity index (χ4v) is 5.71. The second-order valence-corrected chi connectivity index (χ2v) is 9.24. The number of aromatic nitrogens is 1. The zero-order chi connectivity index (χ0) is 28.0. The number of hydrogen-bond donors (Lipinski definition) is 2. The first-order valence-electron chi connectivity index (χ1n) is 13.1. The number of ether oxygens (including phenoxy) is 1. The van der Waals surface area contributed by atoms with Crippen molar-refractivity contribution in [2.24, 2.45) is 23.7 Å². The van der Waals surface area contributed by atoms with Crippen LogP contribution in [0.5, 0.6) is 0 Å². The number of benzene rings is 1. The molecule has 1 saturated heterocycles. The highest BCUT2D eigenvalue weighted by Crippen LogP contribution is 2.49. The molecule has 3 fully saturated rings. The smallest absolute Gasteiger partial charge is 0.309 e. The zero-order valence-corrected chi connectivity index (χ0v) is 22.8.